The Balaban J connectivity index is 1.31. The van der Waals surface area contributed by atoms with E-state index < -0.39 is 0 Å². The summed E-state index contributed by atoms with van der Waals surface area (Å²) in [4.78, 5) is 5.26. The van der Waals surface area contributed by atoms with Gasteiger partial charge in [0.05, 0.1) is 6.04 Å². The zero-order valence-corrected chi connectivity index (χ0v) is 19.7. The molecule has 1 saturated heterocycles. The molecular weight excluding hydrogens is 402 g/mol. The van der Waals surface area contributed by atoms with Gasteiger partial charge in [-0.2, -0.15) is 0 Å². The van der Waals surface area contributed by atoms with Gasteiger partial charge in [0.1, 0.15) is 0 Å². The van der Waals surface area contributed by atoms with Gasteiger partial charge in [0.2, 0.25) is 0 Å². The number of aromatic nitrogens is 1. The standard InChI is InChI=1S/C30H33N3/c1-24-22-28(25-12-6-3-7-13-25)31(2)29(24)23-32-18-20-33(21-19-32)30(26-14-8-4-9-15-26)27-16-10-5-11-17-27/h3-17,22,30H,18-21,23H2,1-2H3. The molecule has 33 heavy (non-hydrogen) atoms. The maximum absolute atomic E-state index is 2.65. The largest absolute Gasteiger partial charge is 0.346 e. The van der Waals surface area contributed by atoms with E-state index in [2.05, 4.69) is 125 Å². The van der Waals surface area contributed by atoms with Crippen LogP contribution in [-0.2, 0) is 13.6 Å². The van der Waals surface area contributed by atoms with Crippen molar-refractivity contribution in [3.8, 4) is 11.3 Å². The molecule has 3 heteroatoms. The zero-order chi connectivity index (χ0) is 22.6. The molecule has 2 heterocycles. The number of benzene rings is 3. The van der Waals surface area contributed by atoms with Gasteiger partial charge in [0, 0.05) is 51.2 Å². The Labute approximate surface area is 197 Å². The number of nitrogens with zero attached hydrogens (tertiary/aromatic N) is 3. The highest BCUT2D eigenvalue weighted by molar-refractivity contribution is 5.62. The summed E-state index contributed by atoms with van der Waals surface area (Å²) in [5.41, 5.74) is 8.14. The summed E-state index contributed by atoms with van der Waals surface area (Å²) in [6.45, 7) is 7.57. The smallest absolute Gasteiger partial charge is 0.0602 e. The van der Waals surface area contributed by atoms with Crippen molar-refractivity contribution in [2.24, 2.45) is 7.05 Å². The van der Waals surface area contributed by atoms with Crippen LogP contribution >= 0.6 is 0 Å². The van der Waals surface area contributed by atoms with Crippen molar-refractivity contribution in [1.82, 2.24) is 14.4 Å². The minimum Gasteiger partial charge on any atom is -0.346 e. The first-order chi connectivity index (χ1) is 16.2. The quantitative estimate of drug-likeness (QED) is 0.373. The molecule has 0 atom stereocenters. The molecular formula is C30H33N3. The van der Waals surface area contributed by atoms with E-state index in [1.54, 1.807) is 0 Å². The van der Waals surface area contributed by atoms with Gasteiger partial charge in [-0.15, -0.1) is 0 Å². The zero-order valence-electron chi connectivity index (χ0n) is 19.7. The monoisotopic (exact) mass is 435 g/mol. The van der Waals surface area contributed by atoms with Gasteiger partial charge in [-0.05, 0) is 35.2 Å². The highest BCUT2D eigenvalue weighted by atomic mass is 15.3. The molecule has 1 aliphatic heterocycles. The third-order valence-electron chi connectivity index (χ3n) is 7.02. The lowest BCUT2D eigenvalue weighted by molar-refractivity contribution is 0.103. The Kier molecular flexibility index (Phi) is 6.43. The average Bonchev–Trinajstić information content (AvgIpc) is 3.15. The van der Waals surface area contributed by atoms with Crippen LogP contribution in [0.3, 0.4) is 0 Å². The molecule has 0 radical (unpaired) electrons. The van der Waals surface area contributed by atoms with Crippen molar-refractivity contribution in [2.45, 2.75) is 19.5 Å². The van der Waals surface area contributed by atoms with Crippen molar-refractivity contribution in [2.75, 3.05) is 26.2 Å². The lowest BCUT2D eigenvalue weighted by Crippen LogP contribution is -2.47. The highest BCUT2D eigenvalue weighted by Crippen LogP contribution is 2.30. The third-order valence-corrected chi connectivity index (χ3v) is 7.02. The van der Waals surface area contributed by atoms with Crippen LogP contribution in [0.15, 0.2) is 97.1 Å². The van der Waals surface area contributed by atoms with Crippen LogP contribution in [0.4, 0.5) is 0 Å². The van der Waals surface area contributed by atoms with E-state index in [0.717, 1.165) is 32.7 Å². The van der Waals surface area contributed by atoms with Crippen LogP contribution in [0.25, 0.3) is 11.3 Å². The average molecular weight is 436 g/mol. The number of rotatable bonds is 6. The summed E-state index contributed by atoms with van der Waals surface area (Å²) in [7, 11) is 2.21. The lowest BCUT2D eigenvalue weighted by atomic mass is 9.96. The van der Waals surface area contributed by atoms with E-state index in [0.29, 0.717) is 6.04 Å². The summed E-state index contributed by atoms with van der Waals surface area (Å²) in [6.07, 6.45) is 0. The SMILES string of the molecule is Cc1cc(-c2ccccc2)n(C)c1CN1CCN(C(c2ccccc2)c2ccccc2)CC1. The first-order valence-corrected chi connectivity index (χ1v) is 12.0. The van der Waals surface area contributed by atoms with Crippen LogP contribution in [0.2, 0.25) is 0 Å². The Hall–Kier alpha value is -3.14. The fourth-order valence-electron chi connectivity index (χ4n) is 5.19. The van der Waals surface area contributed by atoms with Crippen LogP contribution in [0.1, 0.15) is 28.4 Å². The van der Waals surface area contributed by atoms with E-state index >= 15 is 0 Å². The lowest BCUT2D eigenvalue weighted by Gasteiger charge is -2.40. The van der Waals surface area contributed by atoms with Gasteiger partial charge in [-0.3, -0.25) is 9.80 Å². The number of hydrogen-bond donors (Lipinski definition) is 0. The van der Waals surface area contributed by atoms with Crippen molar-refractivity contribution in [3.63, 3.8) is 0 Å². The Morgan fingerprint density at radius 1 is 0.697 bits per heavy atom. The second kappa shape index (κ2) is 9.78. The topological polar surface area (TPSA) is 11.4 Å². The van der Waals surface area contributed by atoms with Crippen molar-refractivity contribution >= 4 is 0 Å². The summed E-state index contributed by atoms with van der Waals surface area (Å²) >= 11 is 0. The minimum absolute atomic E-state index is 0.316. The third kappa shape index (κ3) is 4.66. The molecule has 0 unspecified atom stereocenters. The molecule has 0 saturated carbocycles. The van der Waals surface area contributed by atoms with E-state index in [9.17, 15) is 0 Å². The van der Waals surface area contributed by atoms with Crippen LogP contribution in [0.5, 0.6) is 0 Å². The number of aryl methyl sites for hydroxylation is 1. The molecule has 0 bridgehead atoms. The molecule has 4 aromatic rings. The van der Waals surface area contributed by atoms with E-state index in [1.165, 1.54) is 33.6 Å². The summed E-state index contributed by atoms with van der Waals surface area (Å²) in [5.74, 6) is 0. The van der Waals surface area contributed by atoms with Crippen molar-refractivity contribution in [3.05, 3.63) is 119 Å². The number of piperazine rings is 1. The van der Waals surface area contributed by atoms with Gasteiger partial charge in [0.15, 0.2) is 0 Å². The van der Waals surface area contributed by atoms with E-state index in [-0.39, 0.29) is 0 Å². The molecule has 3 aromatic carbocycles. The van der Waals surface area contributed by atoms with Gasteiger partial charge in [-0.1, -0.05) is 91.0 Å². The number of hydrogen-bond acceptors (Lipinski definition) is 2. The maximum Gasteiger partial charge on any atom is 0.0602 e. The Morgan fingerprint density at radius 3 is 1.76 bits per heavy atom. The van der Waals surface area contributed by atoms with Crippen molar-refractivity contribution in [1.29, 1.82) is 0 Å². The van der Waals surface area contributed by atoms with Crippen LogP contribution in [0, 0.1) is 6.92 Å². The van der Waals surface area contributed by atoms with E-state index in [1.807, 2.05) is 0 Å². The van der Waals surface area contributed by atoms with Gasteiger partial charge in [-0.25, -0.2) is 0 Å². The predicted octanol–water partition coefficient (Wildman–Crippen LogP) is 5.91. The van der Waals surface area contributed by atoms with Gasteiger partial charge >= 0.3 is 0 Å². The van der Waals surface area contributed by atoms with Crippen LogP contribution in [-0.4, -0.2) is 40.5 Å². The Morgan fingerprint density at radius 2 is 1.21 bits per heavy atom. The second-order valence-electron chi connectivity index (χ2n) is 9.12. The maximum atomic E-state index is 2.65. The first kappa shape index (κ1) is 21.7. The second-order valence-corrected chi connectivity index (χ2v) is 9.12. The fraction of sp³-hybridized carbons (Fsp3) is 0.267. The highest BCUT2D eigenvalue weighted by Gasteiger charge is 2.27. The molecule has 0 aliphatic carbocycles. The summed E-state index contributed by atoms with van der Waals surface area (Å²) < 4.78 is 2.38. The van der Waals surface area contributed by atoms with Gasteiger partial charge < -0.3 is 4.57 Å². The van der Waals surface area contributed by atoms with Crippen LogP contribution < -0.4 is 0 Å². The fourth-order valence-corrected chi connectivity index (χ4v) is 5.19. The molecule has 0 N–H and O–H groups in total. The summed E-state index contributed by atoms with van der Waals surface area (Å²) in [5, 5.41) is 0. The molecule has 1 aliphatic rings. The molecule has 0 amide bonds. The minimum atomic E-state index is 0.316. The molecule has 168 valence electrons. The van der Waals surface area contributed by atoms with E-state index in [4.69, 9.17) is 0 Å². The normalized spacial score (nSPS) is 15.2. The van der Waals surface area contributed by atoms with Gasteiger partial charge in [0.25, 0.3) is 0 Å². The molecule has 0 spiro atoms. The summed E-state index contributed by atoms with van der Waals surface area (Å²) in [6, 6.07) is 35.3. The predicted molar refractivity (Wildman–Crippen MR) is 137 cm³/mol. The molecule has 3 nitrogen and oxygen atoms in total. The molecule has 5 rings (SSSR count). The molecule has 1 fully saturated rings. The Bertz CT molecular complexity index is 1120. The first-order valence-electron chi connectivity index (χ1n) is 12.0. The van der Waals surface area contributed by atoms with Crippen molar-refractivity contribution < 1.29 is 0 Å². The molecule has 1 aromatic heterocycles.